The van der Waals surface area contributed by atoms with Gasteiger partial charge in [0.2, 0.25) is 5.91 Å². The van der Waals surface area contributed by atoms with Crippen LogP contribution in [0.15, 0.2) is 0 Å². The molecule has 0 atom stereocenters. The van der Waals surface area contributed by atoms with E-state index in [1.807, 2.05) is 13.8 Å². The van der Waals surface area contributed by atoms with Crippen molar-refractivity contribution in [2.75, 3.05) is 19.8 Å². The van der Waals surface area contributed by atoms with Gasteiger partial charge in [-0.1, -0.05) is 0 Å². The van der Waals surface area contributed by atoms with Gasteiger partial charge in [-0.05, 0) is 26.7 Å². The molecule has 0 aromatic rings. The third-order valence-corrected chi connectivity index (χ3v) is 2.46. The summed E-state index contributed by atoms with van der Waals surface area (Å²) in [6.45, 7) is 6.41. The minimum Gasteiger partial charge on any atom is -0.381 e. The molecule has 4 nitrogen and oxygen atoms in total. The molecule has 1 rings (SSSR count). The maximum absolute atomic E-state index is 11.3. The van der Waals surface area contributed by atoms with Crippen LogP contribution in [0.2, 0.25) is 0 Å². The van der Waals surface area contributed by atoms with E-state index in [-0.39, 0.29) is 11.9 Å². The first-order valence-corrected chi connectivity index (χ1v) is 5.79. The van der Waals surface area contributed by atoms with Crippen molar-refractivity contribution in [3.05, 3.63) is 0 Å². The van der Waals surface area contributed by atoms with Gasteiger partial charge < -0.3 is 15.4 Å². The van der Waals surface area contributed by atoms with Gasteiger partial charge in [-0.2, -0.15) is 0 Å². The summed E-state index contributed by atoms with van der Waals surface area (Å²) in [7, 11) is 0. The van der Waals surface area contributed by atoms with Crippen LogP contribution in [-0.4, -0.2) is 37.7 Å². The molecule has 0 radical (unpaired) electrons. The molecule has 1 saturated heterocycles. The quantitative estimate of drug-likeness (QED) is 0.707. The largest absolute Gasteiger partial charge is 0.381 e. The Hall–Kier alpha value is -0.610. The molecular weight excluding hydrogens is 192 g/mol. The molecule has 0 spiro atoms. The van der Waals surface area contributed by atoms with Gasteiger partial charge in [-0.25, -0.2) is 0 Å². The molecule has 0 saturated carbocycles. The predicted octanol–water partition coefficient (Wildman–Crippen LogP) is 0.670. The average molecular weight is 214 g/mol. The smallest absolute Gasteiger partial charge is 0.221 e. The van der Waals surface area contributed by atoms with E-state index in [2.05, 4.69) is 10.6 Å². The van der Waals surface area contributed by atoms with Gasteiger partial charge in [0.15, 0.2) is 0 Å². The van der Waals surface area contributed by atoms with E-state index < -0.39 is 0 Å². The number of hydrogen-bond donors (Lipinski definition) is 2. The topological polar surface area (TPSA) is 50.4 Å². The highest BCUT2D eigenvalue weighted by Gasteiger charge is 2.13. The third kappa shape index (κ3) is 5.74. The van der Waals surface area contributed by atoms with Crippen molar-refractivity contribution < 1.29 is 9.53 Å². The van der Waals surface area contributed by atoms with Gasteiger partial charge in [0.25, 0.3) is 0 Å². The van der Waals surface area contributed by atoms with Crippen LogP contribution < -0.4 is 10.6 Å². The van der Waals surface area contributed by atoms with Crippen LogP contribution >= 0.6 is 0 Å². The Morgan fingerprint density at radius 2 is 2.07 bits per heavy atom. The third-order valence-electron chi connectivity index (χ3n) is 2.46. The van der Waals surface area contributed by atoms with Crippen molar-refractivity contribution in [3.63, 3.8) is 0 Å². The molecule has 0 bridgehead atoms. The minimum absolute atomic E-state index is 0.129. The summed E-state index contributed by atoms with van der Waals surface area (Å²) >= 11 is 0. The summed E-state index contributed by atoms with van der Waals surface area (Å²) in [5, 5.41) is 6.26. The first kappa shape index (κ1) is 12.5. The number of rotatable bonds is 5. The summed E-state index contributed by atoms with van der Waals surface area (Å²) in [4.78, 5) is 11.3. The molecule has 1 aliphatic heterocycles. The standard InChI is InChI=1S/C11H22N2O2/c1-9(2)13-11(14)3-6-12-10-4-7-15-8-5-10/h9-10,12H,3-8H2,1-2H3,(H,13,14). The summed E-state index contributed by atoms with van der Waals surface area (Å²) in [6.07, 6.45) is 2.69. The molecule has 0 aliphatic carbocycles. The van der Waals surface area contributed by atoms with Crippen molar-refractivity contribution in [2.45, 2.75) is 45.2 Å². The zero-order valence-corrected chi connectivity index (χ0v) is 9.71. The fourth-order valence-corrected chi connectivity index (χ4v) is 1.69. The number of nitrogens with one attached hydrogen (secondary N) is 2. The summed E-state index contributed by atoms with van der Waals surface area (Å²) in [6, 6.07) is 0.770. The second-order valence-corrected chi connectivity index (χ2v) is 4.31. The highest BCUT2D eigenvalue weighted by atomic mass is 16.5. The van der Waals surface area contributed by atoms with Crippen LogP contribution in [0.1, 0.15) is 33.1 Å². The Kier molecular flexibility index (Phi) is 5.65. The van der Waals surface area contributed by atoms with Crippen molar-refractivity contribution >= 4 is 5.91 Å². The maximum Gasteiger partial charge on any atom is 0.221 e. The van der Waals surface area contributed by atoms with Crippen molar-refractivity contribution in [1.82, 2.24) is 10.6 Å². The van der Waals surface area contributed by atoms with E-state index >= 15 is 0 Å². The highest BCUT2D eigenvalue weighted by Crippen LogP contribution is 2.05. The van der Waals surface area contributed by atoms with Crippen LogP contribution in [0, 0.1) is 0 Å². The first-order valence-electron chi connectivity index (χ1n) is 5.79. The monoisotopic (exact) mass is 214 g/mol. The van der Waals surface area contributed by atoms with Crippen LogP contribution in [-0.2, 0) is 9.53 Å². The van der Waals surface area contributed by atoms with E-state index in [4.69, 9.17) is 4.74 Å². The molecule has 0 aromatic carbocycles. The summed E-state index contributed by atoms with van der Waals surface area (Å²) in [5.41, 5.74) is 0. The molecule has 2 N–H and O–H groups in total. The normalized spacial score (nSPS) is 18.1. The van der Waals surface area contributed by atoms with Gasteiger partial charge in [-0.3, -0.25) is 4.79 Å². The lowest BCUT2D eigenvalue weighted by atomic mass is 10.1. The van der Waals surface area contributed by atoms with Gasteiger partial charge >= 0.3 is 0 Å². The fraction of sp³-hybridized carbons (Fsp3) is 0.909. The lowest BCUT2D eigenvalue weighted by Gasteiger charge is -2.23. The van der Waals surface area contributed by atoms with Crippen LogP contribution in [0.25, 0.3) is 0 Å². The molecule has 0 unspecified atom stereocenters. The van der Waals surface area contributed by atoms with Gasteiger partial charge in [0.1, 0.15) is 0 Å². The second kappa shape index (κ2) is 6.80. The Labute approximate surface area is 91.8 Å². The van der Waals surface area contributed by atoms with Gasteiger partial charge in [0, 0.05) is 38.3 Å². The number of carbonyl (C=O) groups is 1. The number of ether oxygens (including phenoxy) is 1. The van der Waals surface area contributed by atoms with Gasteiger partial charge in [-0.15, -0.1) is 0 Å². The molecule has 1 heterocycles. The molecule has 1 aliphatic rings. The molecule has 15 heavy (non-hydrogen) atoms. The van der Waals surface area contributed by atoms with E-state index in [0.717, 1.165) is 32.6 Å². The van der Waals surface area contributed by atoms with Crippen LogP contribution in [0.4, 0.5) is 0 Å². The zero-order chi connectivity index (χ0) is 11.1. The zero-order valence-electron chi connectivity index (χ0n) is 9.71. The van der Waals surface area contributed by atoms with Gasteiger partial charge in [0.05, 0.1) is 0 Å². The Bertz CT molecular complexity index is 189. The van der Waals surface area contributed by atoms with Crippen molar-refractivity contribution in [2.24, 2.45) is 0 Å². The van der Waals surface area contributed by atoms with Crippen molar-refractivity contribution in [3.8, 4) is 0 Å². The Balaban J connectivity index is 2.02. The first-order chi connectivity index (χ1) is 7.18. The molecule has 1 fully saturated rings. The Morgan fingerprint density at radius 3 is 2.67 bits per heavy atom. The molecule has 88 valence electrons. The maximum atomic E-state index is 11.3. The summed E-state index contributed by atoms with van der Waals surface area (Å²) in [5.74, 6) is 0.129. The van der Waals surface area contributed by atoms with Crippen LogP contribution in [0.5, 0.6) is 0 Å². The molecular formula is C11H22N2O2. The lowest BCUT2D eigenvalue weighted by Crippen LogP contribution is -2.38. The highest BCUT2D eigenvalue weighted by molar-refractivity contribution is 5.76. The molecule has 0 aromatic heterocycles. The summed E-state index contributed by atoms with van der Waals surface area (Å²) < 4.78 is 5.26. The van der Waals surface area contributed by atoms with E-state index in [1.165, 1.54) is 0 Å². The number of carbonyl (C=O) groups excluding carboxylic acids is 1. The minimum atomic E-state index is 0.129. The molecule has 1 amide bonds. The van der Waals surface area contributed by atoms with E-state index in [0.29, 0.717) is 12.5 Å². The number of amides is 1. The van der Waals surface area contributed by atoms with E-state index in [9.17, 15) is 4.79 Å². The fourth-order valence-electron chi connectivity index (χ4n) is 1.69. The predicted molar refractivity (Wildman–Crippen MR) is 59.7 cm³/mol. The van der Waals surface area contributed by atoms with Crippen LogP contribution in [0.3, 0.4) is 0 Å². The average Bonchev–Trinajstić information content (AvgIpc) is 2.18. The SMILES string of the molecule is CC(C)NC(=O)CCNC1CCOCC1. The second-order valence-electron chi connectivity index (χ2n) is 4.31. The van der Waals surface area contributed by atoms with Crippen molar-refractivity contribution in [1.29, 1.82) is 0 Å². The van der Waals surface area contributed by atoms with E-state index in [1.54, 1.807) is 0 Å². The Morgan fingerprint density at radius 1 is 1.40 bits per heavy atom. The lowest BCUT2D eigenvalue weighted by molar-refractivity contribution is -0.121. The number of hydrogen-bond acceptors (Lipinski definition) is 3. The molecule has 4 heteroatoms.